The number of nitrogens with one attached hydrogen (secondary N) is 2. The number of halogens is 1. The Morgan fingerprint density at radius 2 is 2.00 bits per heavy atom. The molecule has 1 atom stereocenters. The van der Waals surface area contributed by atoms with Gasteiger partial charge >= 0.3 is 0 Å². The fourth-order valence-electron chi connectivity index (χ4n) is 4.60. The summed E-state index contributed by atoms with van der Waals surface area (Å²) in [5.74, 6) is 1.87. The summed E-state index contributed by atoms with van der Waals surface area (Å²) in [6.07, 6.45) is 7.68. The molecule has 0 radical (unpaired) electrons. The molecule has 6 nitrogen and oxygen atoms in total. The van der Waals surface area contributed by atoms with Crippen LogP contribution < -0.4 is 10.6 Å². The van der Waals surface area contributed by atoms with Crippen LogP contribution >= 0.6 is 24.0 Å². The predicted molar refractivity (Wildman–Crippen MR) is 139 cm³/mol. The molecule has 0 bridgehead atoms. The van der Waals surface area contributed by atoms with E-state index in [-0.39, 0.29) is 29.9 Å². The lowest BCUT2D eigenvalue weighted by atomic mass is 10.1. The number of guanidine groups is 1. The molecular formula is C24H40IN5O. The van der Waals surface area contributed by atoms with Crippen molar-refractivity contribution in [1.82, 2.24) is 20.4 Å². The summed E-state index contributed by atoms with van der Waals surface area (Å²) in [5, 5.41) is 7.03. The third-order valence-corrected chi connectivity index (χ3v) is 6.20. The van der Waals surface area contributed by atoms with Crippen molar-refractivity contribution in [2.75, 3.05) is 46.8 Å². The molecule has 2 aliphatic rings. The number of likely N-dealkylation sites (tertiary alicyclic amines) is 1. The molecule has 1 heterocycles. The van der Waals surface area contributed by atoms with Gasteiger partial charge in [-0.3, -0.25) is 9.79 Å². The van der Waals surface area contributed by atoms with Gasteiger partial charge in [0.2, 0.25) is 0 Å². The first-order chi connectivity index (χ1) is 14.5. The van der Waals surface area contributed by atoms with Crippen LogP contribution in [0.15, 0.2) is 29.3 Å². The second kappa shape index (κ2) is 13.3. The minimum atomic E-state index is 0. The summed E-state index contributed by atoms with van der Waals surface area (Å²) in [6.45, 7) is 7.25. The first kappa shape index (κ1) is 25.9. The Kier molecular flexibility index (Phi) is 11.1. The Labute approximate surface area is 205 Å². The van der Waals surface area contributed by atoms with E-state index in [0.717, 1.165) is 42.5 Å². The molecule has 1 aliphatic heterocycles. The SMILES string of the molecule is CCNC(=NCCc1cccc(C(=O)N(C)C)c1)NC1CCN(CC2CCCC2)C1.I. The number of rotatable bonds is 8. The Bertz CT molecular complexity index is 718. The third kappa shape index (κ3) is 8.25. The minimum absolute atomic E-state index is 0. The summed E-state index contributed by atoms with van der Waals surface area (Å²) in [5.41, 5.74) is 1.88. The van der Waals surface area contributed by atoms with E-state index in [2.05, 4.69) is 28.5 Å². The van der Waals surface area contributed by atoms with E-state index in [1.165, 1.54) is 45.2 Å². The molecule has 1 aromatic carbocycles. The fourth-order valence-corrected chi connectivity index (χ4v) is 4.60. The third-order valence-electron chi connectivity index (χ3n) is 6.20. The first-order valence-electron chi connectivity index (χ1n) is 11.6. The van der Waals surface area contributed by atoms with Gasteiger partial charge in [-0.2, -0.15) is 0 Å². The smallest absolute Gasteiger partial charge is 0.253 e. The van der Waals surface area contributed by atoms with Crippen LogP contribution in [0.3, 0.4) is 0 Å². The highest BCUT2D eigenvalue weighted by molar-refractivity contribution is 14.0. The van der Waals surface area contributed by atoms with Crippen LogP contribution in [0.25, 0.3) is 0 Å². The van der Waals surface area contributed by atoms with E-state index in [4.69, 9.17) is 4.99 Å². The quantitative estimate of drug-likeness (QED) is 0.301. The van der Waals surface area contributed by atoms with Crippen LogP contribution in [-0.2, 0) is 6.42 Å². The highest BCUT2D eigenvalue weighted by Crippen LogP contribution is 2.26. The molecule has 31 heavy (non-hydrogen) atoms. The van der Waals surface area contributed by atoms with Crippen molar-refractivity contribution in [3.05, 3.63) is 35.4 Å². The van der Waals surface area contributed by atoms with Gasteiger partial charge in [-0.05, 0) is 56.2 Å². The maximum atomic E-state index is 12.2. The Morgan fingerprint density at radius 3 is 2.71 bits per heavy atom. The van der Waals surface area contributed by atoms with E-state index < -0.39 is 0 Å². The Morgan fingerprint density at radius 1 is 1.23 bits per heavy atom. The van der Waals surface area contributed by atoms with Crippen molar-refractivity contribution in [3.8, 4) is 0 Å². The Hall–Kier alpha value is -1.35. The summed E-state index contributed by atoms with van der Waals surface area (Å²) >= 11 is 0. The fraction of sp³-hybridized carbons (Fsp3) is 0.667. The summed E-state index contributed by atoms with van der Waals surface area (Å²) in [6, 6.07) is 8.36. The lowest BCUT2D eigenvalue weighted by Crippen LogP contribution is -2.45. The van der Waals surface area contributed by atoms with Crippen molar-refractivity contribution in [2.24, 2.45) is 10.9 Å². The van der Waals surface area contributed by atoms with Crippen LogP contribution in [0.5, 0.6) is 0 Å². The average Bonchev–Trinajstić information content (AvgIpc) is 3.40. The molecular weight excluding hydrogens is 501 g/mol. The largest absolute Gasteiger partial charge is 0.357 e. The first-order valence-corrected chi connectivity index (χ1v) is 11.6. The number of benzene rings is 1. The molecule has 1 amide bonds. The number of aliphatic imine (C=N–C) groups is 1. The van der Waals surface area contributed by atoms with Gasteiger partial charge in [0.15, 0.2) is 5.96 Å². The molecule has 0 aromatic heterocycles. The number of amides is 1. The lowest BCUT2D eigenvalue weighted by molar-refractivity contribution is 0.0827. The van der Waals surface area contributed by atoms with Crippen LogP contribution in [0.1, 0.15) is 54.9 Å². The number of carbonyl (C=O) groups excluding carboxylic acids is 1. The van der Waals surface area contributed by atoms with Gasteiger partial charge in [0.05, 0.1) is 0 Å². The highest BCUT2D eigenvalue weighted by atomic mass is 127. The molecule has 1 aromatic rings. The summed E-state index contributed by atoms with van der Waals surface area (Å²) in [7, 11) is 3.57. The maximum Gasteiger partial charge on any atom is 0.253 e. The zero-order chi connectivity index (χ0) is 21.3. The molecule has 0 spiro atoms. The van der Waals surface area contributed by atoms with E-state index >= 15 is 0 Å². The molecule has 2 N–H and O–H groups in total. The van der Waals surface area contributed by atoms with E-state index in [1.54, 1.807) is 19.0 Å². The monoisotopic (exact) mass is 541 g/mol. The van der Waals surface area contributed by atoms with Crippen LogP contribution in [0.2, 0.25) is 0 Å². The maximum absolute atomic E-state index is 12.2. The minimum Gasteiger partial charge on any atom is -0.357 e. The predicted octanol–water partition coefficient (Wildman–Crippen LogP) is 3.37. The van der Waals surface area contributed by atoms with Crippen LogP contribution in [0.4, 0.5) is 0 Å². The molecule has 2 fully saturated rings. The van der Waals surface area contributed by atoms with Crippen molar-refractivity contribution in [2.45, 2.75) is 51.5 Å². The number of carbonyl (C=O) groups is 1. The molecule has 174 valence electrons. The van der Waals surface area contributed by atoms with Gasteiger partial charge in [0.1, 0.15) is 0 Å². The highest BCUT2D eigenvalue weighted by Gasteiger charge is 2.26. The summed E-state index contributed by atoms with van der Waals surface area (Å²) < 4.78 is 0. The zero-order valence-corrected chi connectivity index (χ0v) is 21.7. The summed E-state index contributed by atoms with van der Waals surface area (Å²) in [4.78, 5) is 21.2. The number of nitrogens with zero attached hydrogens (tertiary/aromatic N) is 3. The second-order valence-corrected chi connectivity index (χ2v) is 8.95. The lowest BCUT2D eigenvalue weighted by Gasteiger charge is -2.21. The zero-order valence-electron chi connectivity index (χ0n) is 19.4. The van der Waals surface area contributed by atoms with Gasteiger partial charge in [0.25, 0.3) is 5.91 Å². The second-order valence-electron chi connectivity index (χ2n) is 8.95. The van der Waals surface area contributed by atoms with Gasteiger partial charge in [-0.15, -0.1) is 24.0 Å². The van der Waals surface area contributed by atoms with E-state index in [1.807, 2.05) is 18.2 Å². The number of hydrogen-bond acceptors (Lipinski definition) is 3. The average molecular weight is 542 g/mol. The van der Waals surface area contributed by atoms with Crippen molar-refractivity contribution in [3.63, 3.8) is 0 Å². The molecule has 1 unspecified atom stereocenters. The molecule has 1 aliphatic carbocycles. The van der Waals surface area contributed by atoms with Crippen LogP contribution in [0, 0.1) is 5.92 Å². The molecule has 1 saturated carbocycles. The Balaban J connectivity index is 0.00000341. The van der Waals surface area contributed by atoms with Crippen molar-refractivity contribution in [1.29, 1.82) is 0 Å². The van der Waals surface area contributed by atoms with Crippen molar-refractivity contribution >= 4 is 35.8 Å². The van der Waals surface area contributed by atoms with E-state index in [9.17, 15) is 4.79 Å². The topological polar surface area (TPSA) is 60.0 Å². The molecule has 7 heteroatoms. The standard InChI is InChI=1S/C24H39N5O.HI/c1-4-25-24(27-22-13-15-29(18-22)17-20-8-5-6-9-20)26-14-12-19-10-7-11-21(16-19)23(30)28(2)3;/h7,10-11,16,20,22H,4-6,8-9,12-15,17-18H2,1-3H3,(H2,25,26,27);1H. The van der Waals surface area contributed by atoms with Crippen molar-refractivity contribution < 1.29 is 4.79 Å². The van der Waals surface area contributed by atoms with E-state index in [0.29, 0.717) is 12.6 Å². The normalized spacial score (nSPS) is 19.8. The van der Waals surface area contributed by atoms with Gasteiger partial charge < -0.3 is 20.4 Å². The molecule has 3 rings (SSSR count). The number of hydrogen-bond donors (Lipinski definition) is 2. The van der Waals surface area contributed by atoms with Gasteiger partial charge in [0, 0.05) is 58.4 Å². The van der Waals surface area contributed by atoms with Gasteiger partial charge in [-0.25, -0.2) is 0 Å². The molecule has 1 saturated heterocycles. The van der Waals surface area contributed by atoms with Crippen LogP contribution in [-0.4, -0.2) is 74.5 Å². The van der Waals surface area contributed by atoms with Gasteiger partial charge in [-0.1, -0.05) is 25.0 Å².